The third-order valence-corrected chi connectivity index (χ3v) is 5.06. The van der Waals surface area contributed by atoms with E-state index < -0.39 is 6.03 Å². The topological polar surface area (TPSA) is 96.7 Å². The first-order valence-corrected chi connectivity index (χ1v) is 9.52. The van der Waals surface area contributed by atoms with Crippen LogP contribution >= 0.6 is 0 Å². The number of rotatable bonds is 6. The highest BCUT2D eigenvalue weighted by Crippen LogP contribution is 2.40. The number of urea groups is 2. The lowest BCUT2D eigenvalue weighted by Gasteiger charge is -2.38. The Kier molecular flexibility index (Phi) is 5.06. The molecule has 0 spiro atoms. The van der Waals surface area contributed by atoms with Crippen LogP contribution in [0.15, 0.2) is 48.5 Å². The molecule has 0 radical (unpaired) electrons. The van der Waals surface area contributed by atoms with Gasteiger partial charge in [0.1, 0.15) is 5.75 Å². The molecule has 2 aromatic rings. The lowest BCUT2D eigenvalue weighted by Crippen LogP contribution is -2.53. The summed E-state index contributed by atoms with van der Waals surface area (Å²) >= 11 is 0. The van der Waals surface area contributed by atoms with Gasteiger partial charge in [-0.3, -0.25) is 0 Å². The van der Waals surface area contributed by atoms with Crippen molar-refractivity contribution in [1.29, 1.82) is 0 Å². The summed E-state index contributed by atoms with van der Waals surface area (Å²) in [6.07, 6.45) is 2.55. The van der Waals surface area contributed by atoms with Crippen LogP contribution in [0.4, 0.5) is 21.0 Å². The molecule has 1 heterocycles. The van der Waals surface area contributed by atoms with Crippen molar-refractivity contribution in [3.8, 4) is 5.75 Å². The molecule has 1 aliphatic heterocycles. The van der Waals surface area contributed by atoms with Gasteiger partial charge in [-0.1, -0.05) is 12.1 Å². The van der Waals surface area contributed by atoms with Crippen molar-refractivity contribution in [2.75, 3.05) is 30.3 Å². The second-order valence-corrected chi connectivity index (χ2v) is 7.42. The summed E-state index contributed by atoms with van der Waals surface area (Å²) in [6.45, 7) is 1.89. The van der Waals surface area contributed by atoms with Gasteiger partial charge < -0.3 is 26.0 Å². The van der Waals surface area contributed by atoms with Gasteiger partial charge >= 0.3 is 12.1 Å². The number of nitrogens with two attached hydrogens (primary N) is 1. The van der Waals surface area contributed by atoms with Crippen LogP contribution in [0.5, 0.6) is 5.75 Å². The molecule has 0 aromatic heterocycles. The summed E-state index contributed by atoms with van der Waals surface area (Å²) in [5, 5.41) is 5.45. The van der Waals surface area contributed by atoms with Crippen molar-refractivity contribution in [3.63, 3.8) is 0 Å². The minimum absolute atomic E-state index is 0.0719. The molecule has 0 bridgehead atoms. The van der Waals surface area contributed by atoms with E-state index in [0.29, 0.717) is 37.1 Å². The number of likely N-dealkylation sites (tertiary alicyclic amines) is 1. The molecule has 0 unspecified atom stereocenters. The standard InChI is InChI=1S/C21H24N4O3/c22-20(26)23-17-7-9-19(10-8-17)28-13-14-11-25(12-14)21(27)24-18-5-3-16(4-6-18)15-1-2-15/h3-10,14-15H,1-2,11-13H2,(H,24,27)(H3,22,23,26). The molecule has 2 fully saturated rings. The Hall–Kier alpha value is -3.22. The first kappa shape index (κ1) is 18.2. The zero-order valence-electron chi connectivity index (χ0n) is 15.6. The van der Waals surface area contributed by atoms with Gasteiger partial charge in [0.25, 0.3) is 0 Å². The maximum absolute atomic E-state index is 12.3. The third-order valence-electron chi connectivity index (χ3n) is 5.06. The normalized spacial score (nSPS) is 16.2. The van der Waals surface area contributed by atoms with Crippen molar-refractivity contribution >= 4 is 23.4 Å². The molecular formula is C21H24N4O3. The Morgan fingerprint density at radius 2 is 1.57 bits per heavy atom. The lowest BCUT2D eigenvalue weighted by atomic mass is 10.0. The molecule has 146 valence electrons. The van der Waals surface area contributed by atoms with Gasteiger partial charge in [0.15, 0.2) is 0 Å². The molecule has 4 N–H and O–H groups in total. The van der Waals surface area contributed by atoms with E-state index in [2.05, 4.69) is 22.8 Å². The predicted molar refractivity (Wildman–Crippen MR) is 108 cm³/mol. The molecule has 0 atom stereocenters. The summed E-state index contributed by atoms with van der Waals surface area (Å²) < 4.78 is 5.76. The number of anilines is 2. The van der Waals surface area contributed by atoms with Gasteiger partial charge in [-0.25, -0.2) is 9.59 Å². The molecule has 2 aromatic carbocycles. The van der Waals surface area contributed by atoms with Crippen LogP contribution in [-0.2, 0) is 0 Å². The summed E-state index contributed by atoms with van der Waals surface area (Å²) in [5.41, 5.74) is 7.89. The molecule has 7 heteroatoms. The fourth-order valence-corrected chi connectivity index (χ4v) is 3.29. The number of carbonyl (C=O) groups excluding carboxylic acids is 2. The Labute approximate surface area is 163 Å². The van der Waals surface area contributed by atoms with E-state index in [0.717, 1.165) is 11.6 Å². The fourth-order valence-electron chi connectivity index (χ4n) is 3.29. The SMILES string of the molecule is NC(=O)Nc1ccc(OCC2CN(C(=O)Nc3ccc(C4CC4)cc3)C2)cc1. The first-order valence-electron chi connectivity index (χ1n) is 9.52. The molecule has 1 saturated heterocycles. The van der Waals surface area contributed by atoms with Gasteiger partial charge in [-0.15, -0.1) is 0 Å². The number of amides is 4. The summed E-state index contributed by atoms with van der Waals surface area (Å²) in [5.74, 6) is 1.75. The minimum Gasteiger partial charge on any atom is -0.493 e. The van der Waals surface area contributed by atoms with Crippen LogP contribution in [0.3, 0.4) is 0 Å². The van der Waals surface area contributed by atoms with Crippen molar-refractivity contribution < 1.29 is 14.3 Å². The molecule has 4 amide bonds. The zero-order valence-corrected chi connectivity index (χ0v) is 15.6. The number of benzene rings is 2. The monoisotopic (exact) mass is 380 g/mol. The van der Waals surface area contributed by atoms with E-state index in [-0.39, 0.29) is 6.03 Å². The highest BCUT2D eigenvalue weighted by atomic mass is 16.5. The molecule has 4 rings (SSSR count). The van der Waals surface area contributed by atoms with Crippen LogP contribution in [0.2, 0.25) is 0 Å². The fraction of sp³-hybridized carbons (Fsp3) is 0.333. The van der Waals surface area contributed by atoms with Crippen LogP contribution in [0, 0.1) is 5.92 Å². The second kappa shape index (κ2) is 7.80. The van der Waals surface area contributed by atoms with Crippen molar-refractivity contribution in [1.82, 2.24) is 4.90 Å². The number of ether oxygens (including phenoxy) is 1. The minimum atomic E-state index is -0.597. The number of nitrogens with one attached hydrogen (secondary N) is 2. The first-order chi connectivity index (χ1) is 13.6. The number of hydrogen-bond donors (Lipinski definition) is 3. The number of hydrogen-bond acceptors (Lipinski definition) is 3. The largest absolute Gasteiger partial charge is 0.493 e. The number of primary amides is 1. The molecular weight excluding hydrogens is 356 g/mol. The second-order valence-electron chi connectivity index (χ2n) is 7.42. The van der Waals surface area contributed by atoms with Gasteiger partial charge in [-0.05, 0) is 60.7 Å². The quantitative estimate of drug-likeness (QED) is 0.714. The zero-order chi connectivity index (χ0) is 19.5. The maximum atomic E-state index is 12.3. The molecule has 1 saturated carbocycles. The lowest BCUT2D eigenvalue weighted by molar-refractivity contribution is 0.0925. The van der Waals surface area contributed by atoms with Gasteiger partial charge in [0.2, 0.25) is 0 Å². The maximum Gasteiger partial charge on any atom is 0.321 e. The number of nitrogens with zero attached hydrogens (tertiary/aromatic N) is 1. The van der Waals surface area contributed by atoms with Crippen LogP contribution < -0.4 is 21.1 Å². The molecule has 7 nitrogen and oxygen atoms in total. The average molecular weight is 380 g/mol. The van der Waals surface area contributed by atoms with Gasteiger partial charge in [0, 0.05) is 30.4 Å². The van der Waals surface area contributed by atoms with E-state index in [4.69, 9.17) is 10.5 Å². The van der Waals surface area contributed by atoms with Crippen LogP contribution in [-0.4, -0.2) is 36.7 Å². The summed E-state index contributed by atoms with van der Waals surface area (Å²) in [7, 11) is 0. The Morgan fingerprint density at radius 3 is 2.18 bits per heavy atom. The van der Waals surface area contributed by atoms with Gasteiger partial charge in [0.05, 0.1) is 6.61 Å². The van der Waals surface area contributed by atoms with Crippen molar-refractivity contribution in [2.45, 2.75) is 18.8 Å². The van der Waals surface area contributed by atoms with Crippen LogP contribution in [0.1, 0.15) is 24.3 Å². The average Bonchev–Trinajstić information content (AvgIpc) is 3.47. The predicted octanol–water partition coefficient (Wildman–Crippen LogP) is 3.60. The summed E-state index contributed by atoms with van der Waals surface area (Å²) in [6, 6.07) is 14.5. The molecule has 1 aliphatic carbocycles. The van der Waals surface area contributed by atoms with E-state index >= 15 is 0 Å². The van der Waals surface area contributed by atoms with E-state index in [1.807, 2.05) is 12.1 Å². The number of carbonyl (C=O) groups is 2. The molecule has 2 aliphatic rings. The highest BCUT2D eigenvalue weighted by molar-refractivity contribution is 5.90. The van der Waals surface area contributed by atoms with E-state index in [1.54, 1.807) is 29.2 Å². The Balaban J connectivity index is 1.18. The smallest absolute Gasteiger partial charge is 0.321 e. The van der Waals surface area contributed by atoms with Crippen molar-refractivity contribution in [3.05, 3.63) is 54.1 Å². The Morgan fingerprint density at radius 1 is 0.964 bits per heavy atom. The van der Waals surface area contributed by atoms with E-state index in [1.165, 1.54) is 18.4 Å². The highest BCUT2D eigenvalue weighted by Gasteiger charge is 2.31. The van der Waals surface area contributed by atoms with E-state index in [9.17, 15) is 9.59 Å². The van der Waals surface area contributed by atoms with Crippen LogP contribution in [0.25, 0.3) is 0 Å². The Bertz CT molecular complexity index is 841. The molecule has 28 heavy (non-hydrogen) atoms. The summed E-state index contributed by atoms with van der Waals surface area (Å²) in [4.78, 5) is 24.9. The van der Waals surface area contributed by atoms with Gasteiger partial charge in [-0.2, -0.15) is 0 Å². The van der Waals surface area contributed by atoms with Crippen molar-refractivity contribution in [2.24, 2.45) is 11.7 Å². The third kappa shape index (κ3) is 4.54.